The van der Waals surface area contributed by atoms with Gasteiger partial charge in [0.15, 0.2) is 0 Å². The Hall–Kier alpha value is -0.670. The van der Waals surface area contributed by atoms with Crippen LogP contribution in [-0.4, -0.2) is 0 Å². The Morgan fingerprint density at radius 2 is 1.50 bits per heavy atom. The molecule has 1 aromatic carbocycles. The lowest BCUT2D eigenvalue weighted by Crippen LogP contribution is -2.40. The minimum absolute atomic E-state index is 0.932. The second-order valence-electron chi connectivity index (χ2n) is 1.97. The van der Waals surface area contributed by atoms with Gasteiger partial charge in [0, 0.05) is 0 Å². The summed E-state index contributed by atoms with van der Waals surface area (Å²) in [6, 6.07) is 8.25. The summed E-state index contributed by atoms with van der Waals surface area (Å²) in [6.45, 7) is 0. The van der Waals surface area contributed by atoms with E-state index in [4.69, 9.17) is 5.41 Å². The van der Waals surface area contributed by atoms with Gasteiger partial charge >= 0.3 is 3.98 Å². The second-order valence-corrected chi connectivity index (χ2v) is 4.40. The molecule has 0 unspecified atom stereocenters. The van der Waals surface area contributed by atoms with Crippen LogP contribution in [0, 0.1) is 0 Å². The van der Waals surface area contributed by atoms with Gasteiger partial charge in [0.05, 0.1) is 9.40 Å². The molecule has 0 amide bonds. The van der Waals surface area contributed by atoms with E-state index < -0.39 is 0 Å². The number of hydrogen-bond acceptors (Lipinski definition) is 2. The lowest BCUT2D eigenvalue weighted by molar-refractivity contribution is -0.161. The Morgan fingerprint density at radius 3 is 2.00 bits per heavy atom. The maximum absolute atomic E-state index is 5.63. The standard InChI is InChI=1S/C7H5NS2/c8-7-9-5-3-1-2-4-6(5)10-7/h1-4,8H/p+1. The molecule has 0 saturated carbocycles. The van der Waals surface area contributed by atoms with Crippen molar-refractivity contribution in [2.24, 2.45) is 0 Å². The van der Waals surface area contributed by atoms with Crippen molar-refractivity contribution in [1.82, 2.24) is 0 Å². The van der Waals surface area contributed by atoms with E-state index in [1.54, 1.807) is 22.7 Å². The van der Waals surface area contributed by atoms with Crippen LogP contribution < -0.4 is 9.39 Å². The third-order valence-corrected chi connectivity index (χ3v) is 3.45. The predicted molar refractivity (Wildman–Crippen MR) is 44.8 cm³/mol. The smallest absolute Gasteiger partial charge is 0.236 e. The highest BCUT2D eigenvalue weighted by atomic mass is 32.2. The molecule has 1 heterocycles. The molecular weight excluding hydrogens is 162 g/mol. The fourth-order valence-electron chi connectivity index (χ4n) is 0.856. The number of rotatable bonds is 0. The molecule has 2 rings (SSSR count). The molecular formula is C7H6NS2+. The van der Waals surface area contributed by atoms with Gasteiger partial charge in [-0.05, 0) is 12.1 Å². The van der Waals surface area contributed by atoms with Crippen LogP contribution in [0.4, 0.5) is 0 Å². The minimum atomic E-state index is 0.932. The Balaban J connectivity index is 3.01. The largest absolute Gasteiger partial charge is 0.311 e. The monoisotopic (exact) mass is 168 g/mol. The molecule has 10 heavy (non-hydrogen) atoms. The minimum Gasteiger partial charge on any atom is -0.236 e. The molecule has 2 N–H and O–H groups in total. The van der Waals surface area contributed by atoms with Gasteiger partial charge in [-0.1, -0.05) is 34.8 Å². The summed E-state index contributed by atoms with van der Waals surface area (Å²) in [4.78, 5) is 0. The summed E-state index contributed by atoms with van der Waals surface area (Å²) in [6.07, 6.45) is 0. The van der Waals surface area contributed by atoms with E-state index in [0.29, 0.717) is 0 Å². The zero-order valence-corrected chi connectivity index (χ0v) is 6.84. The van der Waals surface area contributed by atoms with Crippen molar-refractivity contribution in [3.05, 3.63) is 28.3 Å². The van der Waals surface area contributed by atoms with Crippen LogP contribution in [0.5, 0.6) is 0 Å². The van der Waals surface area contributed by atoms with Gasteiger partial charge in [-0.3, -0.25) is 0 Å². The number of fused-ring (bicyclic) bond motifs is 1. The highest BCUT2D eigenvalue weighted by Gasteiger charge is 1.96. The highest BCUT2D eigenvalue weighted by Crippen LogP contribution is 2.18. The Bertz CT molecular complexity index is 363. The molecule has 1 aromatic heterocycles. The van der Waals surface area contributed by atoms with E-state index in [2.05, 4.69) is 12.1 Å². The van der Waals surface area contributed by atoms with Crippen LogP contribution >= 0.6 is 22.7 Å². The van der Waals surface area contributed by atoms with E-state index in [9.17, 15) is 0 Å². The number of hydrogen-bond donors (Lipinski definition) is 1. The summed E-state index contributed by atoms with van der Waals surface area (Å²) in [5.74, 6) is 0. The fourth-order valence-corrected chi connectivity index (χ4v) is 2.88. The lowest BCUT2D eigenvalue weighted by atomic mass is 10.4. The SMILES string of the molecule is [NH2+]=c1sc2ccccc2s1. The summed E-state index contributed by atoms with van der Waals surface area (Å²) in [7, 11) is 0. The van der Waals surface area contributed by atoms with Crippen molar-refractivity contribution in [2.45, 2.75) is 0 Å². The van der Waals surface area contributed by atoms with Crippen LogP contribution in [-0.2, 0) is 0 Å². The highest BCUT2D eigenvalue weighted by molar-refractivity contribution is 7.35. The Morgan fingerprint density at radius 1 is 1.00 bits per heavy atom. The van der Waals surface area contributed by atoms with Crippen molar-refractivity contribution >= 4 is 32.1 Å². The molecule has 0 aliphatic heterocycles. The summed E-state index contributed by atoms with van der Waals surface area (Å²) in [5, 5.41) is 5.63. The molecule has 50 valence electrons. The fraction of sp³-hybridized carbons (Fsp3) is 0. The quantitative estimate of drug-likeness (QED) is 0.597. The van der Waals surface area contributed by atoms with Crippen LogP contribution in [0.1, 0.15) is 0 Å². The van der Waals surface area contributed by atoms with Gasteiger partial charge in [0.25, 0.3) is 0 Å². The maximum atomic E-state index is 5.63. The maximum Gasteiger partial charge on any atom is 0.311 e. The molecule has 0 spiro atoms. The van der Waals surface area contributed by atoms with Gasteiger partial charge < -0.3 is 0 Å². The van der Waals surface area contributed by atoms with E-state index >= 15 is 0 Å². The van der Waals surface area contributed by atoms with Crippen molar-refractivity contribution in [3.63, 3.8) is 0 Å². The van der Waals surface area contributed by atoms with Crippen LogP contribution in [0.2, 0.25) is 0 Å². The average molecular weight is 168 g/mol. The van der Waals surface area contributed by atoms with Gasteiger partial charge in [0.2, 0.25) is 0 Å². The first-order valence-electron chi connectivity index (χ1n) is 2.93. The second kappa shape index (κ2) is 2.18. The van der Waals surface area contributed by atoms with Crippen LogP contribution in [0.15, 0.2) is 24.3 Å². The molecule has 3 heteroatoms. The molecule has 0 radical (unpaired) electrons. The third-order valence-electron chi connectivity index (χ3n) is 1.27. The zero-order valence-electron chi connectivity index (χ0n) is 5.20. The zero-order chi connectivity index (χ0) is 6.97. The normalized spacial score (nSPS) is 10.4. The van der Waals surface area contributed by atoms with E-state index in [0.717, 1.165) is 3.98 Å². The lowest BCUT2D eigenvalue weighted by Gasteiger charge is -1.80. The number of nitrogens with two attached hydrogens (primary N) is 1. The van der Waals surface area contributed by atoms with Gasteiger partial charge in [-0.2, -0.15) is 0 Å². The summed E-state index contributed by atoms with van der Waals surface area (Å²) in [5.41, 5.74) is 0. The van der Waals surface area contributed by atoms with E-state index in [-0.39, 0.29) is 0 Å². The molecule has 2 aromatic rings. The van der Waals surface area contributed by atoms with Crippen molar-refractivity contribution < 1.29 is 5.41 Å². The van der Waals surface area contributed by atoms with Gasteiger partial charge in [0.1, 0.15) is 0 Å². The first-order chi connectivity index (χ1) is 4.86. The third kappa shape index (κ3) is 0.874. The number of benzene rings is 1. The van der Waals surface area contributed by atoms with Gasteiger partial charge in [-0.15, -0.1) is 0 Å². The topological polar surface area (TPSA) is 25.6 Å². The first-order valence-corrected chi connectivity index (χ1v) is 4.57. The molecule has 0 aliphatic rings. The van der Waals surface area contributed by atoms with Crippen LogP contribution in [0.3, 0.4) is 0 Å². The predicted octanol–water partition coefficient (Wildman–Crippen LogP) is 0.623. The molecule has 0 bridgehead atoms. The van der Waals surface area contributed by atoms with Crippen molar-refractivity contribution in [1.29, 1.82) is 0 Å². The molecule has 1 nitrogen and oxygen atoms in total. The molecule has 0 aliphatic carbocycles. The van der Waals surface area contributed by atoms with Crippen molar-refractivity contribution in [3.8, 4) is 0 Å². The molecule has 0 atom stereocenters. The summed E-state index contributed by atoms with van der Waals surface area (Å²) < 4.78 is 3.50. The molecule has 0 saturated heterocycles. The van der Waals surface area contributed by atoms with Crippen molar-refractivity contribution in [2.75, 3.05) is 0 Å². The Kier molecular flexibility index (Phi) is 1.32. The van der Waals surface area contributed by atoms with E-state index in [1.165, 1.54) is 9.40 Å². The summed E-state index contributed by atoms with van der Waals surface area (Å²) >= 11 is 3.30. The average Bonchev–Trinajstić information content (AvgIpc) is 2.27. The molecule has 0 fully saturated rings. The van der Waals surface area contributed by atoms with Gasteiger partial charge in [-0.25, -0.2) is 5.41 Å². The van der Waals surface area contributed by atoms with E-state index in [1.807, 2.05) is 12.1 Å². The van der Waals surface area contributed by atoms with Crippen LogP contribution in [0.25, 0.3) is 9.40 Å². The Labute approximate surface area is 66.1 Å². The first kappa shape index (κ1) is 6.07.